The third-order valence-electron chi connectivity index (χ3n) is 12.1. The van der Waals surface area contributed by atoms with Crippen molar-refractivity contribution in [2.45, 2.75) is 70.1 Å². The van der Waals surface area contributed by atoms with Gasteiger partial charge < -0.3 is 66.5 Å². The van der Waals surface area contributed by atoms with Gasteiger partial charge in [0.25, 0.3) is 0 Å². The van der Waals surface area contributed by atoms with Crippen molar-refractivity contribution in [1.29, 1.82) is 0 Å². The first kappa shape index (κ1) is 56.1. The number of piperazine rings is 2. The van der Waals surface area contributed by atoms with E-state index in [2.05, 4.69) is 45.7 Å². The van der Waals surface area contributed by atoms with Crippen LogP contribution in [0.25, 0.3) is 0 Å². The fourth-order valence-corrected chi connectivity index (χ4v) is 8.14. The summed E-state index contributed by atoms with van der Waals surface area (Å²) in [5.74, 6) is 3.96. The highest BCUT2D eigenvalue weighted by molar-refractivity contribution is 5.85. The molecule has 71 heavy (non-hydrogen) atoms. The molecule has 2 aliphatic heterocycles. The summed E-state index contributed by atoms with van der Waals surface area (Å²) in [7, 11) is 0. The highest BCUT2D eigenvalue weighted by atomic mass is 35.5. The van der Waals surface area contributed by atoms with E-state index < -0.39 is 18.1 Å². The minimum absolute atomic E-state index is 0. The number of phenolic OH excluding ortho intramolecular Hbond substituents is 1. The van der Waals surface area contributed by atoms with E-state index >= 15 is 0 Å². The quantitative estimate of drug-likeness (QED) is 0.0333. The molecule has 4 atom stereocenters. The Morgan fingerprint density at radius 2 is 1.30 bits per heavy atom. The molecule has 6 rings (SSSR count). The molecule has 4 aromatic rings. The first-order valence-electron chi connectivity index (χ1n) is 24.1. The normalized spacial score (nSPS) is 15.8. The molecule has 390 valence electrons. The number of benzene rings is 1. The molecule has 3 aromatic heterocycles. The van der Waals surface area contributed by atoms with Crippen molar-refractivity contribution in [2.75, 3.05) is 127 Å². The fourth-order valence-electron chi connectivity index (χ4n) is 8.14. The van der Waals surface area contributed by atoms with Crippen LogP contribution in [0.2, 0.25) is 0 Å². The predicted molar refractivity (Wildman–Crippen MR) is 268 cm³/mol. The number of phenols is 1. The molecule has 0 saturated carbocycles. The summed E-state index contributed by atoms with van der Waals surface area (Å²) in [5, 5.41) is 39.9. The molecular formula is C46H72ClN17O7. The van der Waals surface area contributed by atoms with Crippen molar-refractivity contribution in [3.63, 3.8) is 0 Å². The molecule has 2 aliphatic rings. The number of rotatable bonds is 28. The monoisotopic (exact) mass is 1010 g/mol. The number of nitrogens with two attached hydrogens (primary N) is 3. The Morgan fingerprint density at radius 3 is 1.85 bits per heavy atom. The van der Waals surface area contributed by atoms with Gasteiger partial charge >= 0.3 is 0 Å². The van der Waals surface area contributed by atoms with Crippen molar-refractivity contribution in [1.82, 2.24) is 54.7 Å². The van der Waals surface area contributed by atoms with Gasteiger partial charge in [-0.2, -0.15) is 15.0 Å². The minimum Gasteiger partial charge on any atom is -0.508 e. The van der Waals surface area contributed by atoms with Crippen molar-refractivity contribution in [3.8, 4) is 18.1 Å². The number of carbonyl (C=O) groups excluding carboxylic acids is 2. The molecule has 24 nitrogen and oxygen atoms in total. The SMILES string of the molecule is C#CCOCCOCCOCCNc1nc(N2CCN(C(=O)[C@@H](Cc3ccc(O)cc3)n3cc([C@@H](N)CC(C)C)nn3)CC2)nc(N2CCN(C(=O)[C@H](CCCCN)n3cc([C@@H](N)CO)nn3)CC2)n1.Cl. The lowest BCUT2D eigenvalue weighted by atomic mass is 10.0. The van der Waals surface area contributed by atoms with Crippen LogP contribution < -0.4 is 32.3 Å². The number of aromatic hydroxyl groups is 1. The smallest absolute Gasteiger partial charge is 0.247 e. The zero-order valence-electron chi connectivity index (χ0n) is 40.9. The van der Waals surface area contributed by atoms with Crippen LogP contribution in [-0.4, -0.2) is 188 Å². The van der Waals surface area contributed by atoms with Crippen LogP contribution in [0.3, 0.4) is 0 Å². The number of ether oxygens (including phenoxy) is 3. The fraction of sp³-hybridized carbons (Fsp3) is 0.630. The Kier molecular flexibility index (Phi) is 22.9. The number of aliphatic hydroxyl groups excluding tert-OH is 1. The lowest BCUT2D eigenvalue weighted by molar-refractivity contribution is -0.136. The van der Waals surface area contributed by atoms with Crippen LogP contribution in [0.5, 0.6) is 5.75 Å². The van der Waals surface area contributed by atoms with E-state index in [9.17, 15) is 19.8 Å². The van der Waals surface area contributed by atoms with E-state index in [1.807, 2.05) is 19.6 Å². The standard InChI is InChI=1S/C46H71N17O7.ClH/c1-4-22-68-24-26-70-27-25-69-23-13-50-44-51-45(60-18-14-58(15-19-60)42(66)40(7-5-6-12-47)62-31-39(55-56-62)37(49)32-64)53-46(52-44)61-20-16-59(17-21-61)43(67)41(29-34-8-10-35(65)11-9-34)63-30-38(54-57-63)36(48)28-33(2)3;/h1,8-11,30-31,33,36-37,40-41,64-65H,5-7,12-29,32,47-49H2,2-3H3,(H,50,51,52,53);1H/t36-,37-,40-,41+;/m0./s1. The third kappa shape index (κ3) is 16.6. The average Bonchev–Trinajstić information content (AvgIpc) is 4.08. The molecule has 0 radical (unpaired) electrons. The average molecular weight is 1010 g/mol. The van der Waals surface area contributed by atoms with Crippen molar-refractivity contribution >= 4 is 42.1 Å². The van der Waals surface area contributed by atoms with Gasteiger partial charge in [0.05, 0.1) is 69.8 Å². The number of aliphatic hydroxyl groups is 1. The van der Waals surface area contributed by atoms with Gasteiger partial charge in [0.15, 0.2) is 0 Å². The first-order chi connectivity index (χ1) is 34.0. The minimum atomic E-state index is -0.704. The lowest BCUT2D eigenvalue weighted by Crippen LogP contribution is -2.52. The molecular weight excluding hydrogens is 938 g/mol. The second-order valence-corrected chi connectivity index (χ2v) is 17.8. The topological polar surface area (TPSA) is 305 Å². The van der Waals surface area contributed by atoms with Gasteiger partial charge in [-0.25, -0.2) is 9.36 Å². The van der Waals surface area contributed by atoms with Gasteiger partial charge in [0.1, 0.15) is 30.1 Å². The Hall–Kier alpha value is -5.78. The van der Waals surface area contributed by atoms with Gasteiger partial charge in [0.2, 0.25) is 29.7 Å². The summed E-state index contributed by atoms with van der Waals surface area (Å²) in [6.45, 7) is 10.4. The number of amides is 2. The van der Waals surface area contributed by atoms with E-state index in [0.717, 1.165) is 24.8 Å². The number of carbonyl (C=O) groups is 2. The molecule has 0 aliphatic carbocycles. The van der Waals surface area contributed by atoms with Crippen LogP contribution in [-0.2, 0) is 30.2 Å². The van der Waals surface area contributed by atoms with Crippen molar-refractivity contribution in [2.24, 2.45) is 23.1 Å². The van der Waals surface area contributed by atoms with Gasteiger partial charge in [-0.1, -0.05) is 42.3 Å². The largest absolute Gasteiger partial charge is 0.508 e. The van der Waals surface area contributed by atoms with Crippen molar-refractivity contribution < 1.29 is 34.0 Å². The molecule has 5 heterocycles. The number of nitrogens with one attached hydrogen (secondary N) is 1. The number of unbranched alkanes of at least 4 members (excludes halogenated alkanes) is 1. The number of aromatic nitrogens is 9. The molecule has 0 spiro atoms. The van der Waals surface area contributed by atoms with E-state index in [0.29, 0.717) is 146 Å². The molecule has 1 aromatic carbocycles. The van der Waals surface area contributed by atoms with E-state index in [1.54, 1.807) is 46.0 Å². The number of nitrogens with zero attached hydrogens (tertiary/aromatic N) is 13. The van der Waals surface area contributed by atoms with Crippen LogP contribution in [0.4, 0.5) is 17.8 Å². The maximum Gasteiger partial charge on any atom is 0.247 e. The van der Waals surface area contributed by atoms with E-state index in [4.69, 9.17) is 52.8 Å². The summed E-state index contributed by atoms with van der Waals surface area (Å²) in [6.07, 6.45) is 11.7. The summed E-state index contributed by atoms with van der Waals surface area (Å²) < 4.78 is 19.7. The number of halogens is 1. The van der Waals surface area contributed by atoms with Crippen LogP contribution in [0.1, 0.15) is 80.6 Å². The van der Waals surface area contributed by atoms with Crippen LogP contribution in [0, 0.1) is 18.3 Å². The highest BCUT2D eigenvalue weighted by Gasteiger charge is 2.34. The second-order valence-electron chi connectivity index (χ2n) is 17.8. The predicted octanol–water partition coefficient (Wildman–Crippen LogP) is 0.466. The van der Waals surface area contributed by atoms with Gasteiger partial charge in [-0.05, 0) is 55.8 Å². The molecule has 0 unspecified atom stereocenters. The molecule has 0 bridgehead atoms. The summed E-state index contributed by atoms with van der Waals surface area (Å²) in [4.78, 5) is 50.9. The highest BCUT2D eigenvalue weighted by Crippen LogP contribution is 2.26. The molecule has 2 fully saturated rings. The number of anilines is 3. The van der Waals surface area contributed by atoms with Crippen LogP contribution in [0.15, 0.2) is 36.7 Å². The lowest BCUT2D eigenvalue weighted by Gasteiger charge is -2.38. The molecule has 2 saturated heterocycles. The summed E-state index contributed by atoms with van der Waals surface area (Å²) in [5.41, 5.74) is 20.1. The van der Waals surface area contributed by atoms with E-state index in [1.165, 1.54) is 0 Å². The Bertz CT molecular complexity index is 2250. The van der Waals surface area contributed by atoms with Gasteiger partial charge in [-0.15, -0.1) is 29.0 Å². The van der Waals surface area contributed by atoms with Crippen molar-refractivity contribution in [3.05, 3.63) is 53.6 Å². The maximum absolute atomic E-state index is 14.5. The number of hydrogen-bond donors (Lipinski definition) is 6. The van der Waals surface area contributed by atoms with Gasteiger partial charge in [-0.3, -0.25) is 9.59 Å². The second kappa shape index (κ2) is 28.9. The number of terminal acetylenes is 1. The number of hydrogen-bond acceptors (Lipinski definition) is 20. The first-order valence-corrected chi connectivity index (χ1v) is 24.1. The summed E-state index contributed by atoms with van der Waals surface area (Å²) >= 11 is 0. The third-order valence-corrected chi connectivity index (χ3v) is 12.1. The molecule has 9 N–H and O–H groups in total. The zero-order valence-corrected chi connectivity index (χ0v) is 41.7. The Morgan fingerprint density at radius 1 is 0.761 bits per heavy atom. The zero-order chi connectivity index (χ0) is 49.8. The molecule has 25 heteroatoms. The Labute approximate surface area is 421 Å². The van der Waals surface area contributed by atoms with E-state index in [-0.39, 0.29) is 49.2 Å². The molecule has 2 amide bonds. The Balaban J connectivity index is 0.00000937. The van der Waals surface area contributed by atoms with Gasteiger partial charge in [0, 0.05) is 65.3 Å². The summed E-state index contributed by atoms with van der Waals surface area (Å²) in [6, 6.07) is 4.47. The van der Waals surface area contributed by atoms with Crippen LogP contribution >= 0.6 is 12.4 Å². The maximum atomic E-state index is 14.5.